The minimum Gasteiger partial charge on any atom is -0.379 e. The fraction of sp³-hybridized carbons (Fsp3) is 0.619. The third kappa shape index (κ3) is 6.96. The summed E-state index contributed by atoms with van der Waals surface area (Å²) in [6, 6.07) is 7.77. The maximum atomic E-state index is 12.4. The molecule has 1 aliphatic rings. The smallest absolute Gasteiger partial charge is 0.224 e. The van der Waals surface area contributed by atoms with Gasteiger partial charge in [0, 0.05) is 38.3 Å². The van der Waals surface area contributed by atoms with Crippen LogP contribution < -0.4 is 10.6 Å². The van der Waals surface area contributed by atoms with Crippen LogP contribution in [0, 0.1) is 5.92 Å². The molecule has 1 aromatic carbocycles. The Balaban J connectivity index is 1.89. The van der Waals surface area contributed by atoms with Crippen LogP contribution in [0.15, 0.2) is 24.3 Å². The van der Waals surface area contributed by atoms with Crippen LogP contribution in [0.1, 0.15) is 39.2 Å². The third-order valence-electron chi connectivity index (χ3n) is 5.25. The van der Waals surface area contributed by atoms with E-state index in [0.29, 0.717) is 24.9 Å². The van der Waals surface area contributed by atoms with Crippen molar-refractivity contribution in [3.8, 4) is 0 Å². The SMILES string of the molecule is CCC(CC)C(CNC(=O)Cc1ccc(NC(C)=O)cc1)N1CCOCC1. The number of morpholine rings is 1. The molecule has 1 atom stereocenters. The lowest BCUT2D eigenvalue weighted by atomic mass is 9.92. The van der Waals surface area contributed by atoms with Crippen molar-refractivity contribution >= 4 is 17.5 Å². The van der Waals surface area contributed by atoms with E-state index < -0.39 is 0 Å². The molecule has 2 N–H and O–H groups in total. The van der Waals surface area contributed by atoms with E-state index in [2.05, 4.69) is 29.4 Å². The van der Waals surface area contributed by atoms with Gasteiger partial charge in [0.2, 0.25) is 11.8 Å². The van der Waals surface area contributed by atoms with Gasteiger partial charge in [0.1, 0.15) is 0 Å². The molecule has 1 heterocycles. The lowest BCUT2D eigenvalue weighted by Gasteiger charge is -2.38. The molecule has 1 unspecified atom stereocenters. The molecular weight excluding hydrogens is 342 g/mol. The van der Waals surface area contributed by atoms with E-state index in [1.807, 2.05) is 24.3 Å². The molecule has 0 bridgehead atoms. The summed E-state index contributed by atoms with van der Waals surface area (Å²) in [6.07, 6.45) is 2.57. The molecule has 2 rings (SSSR count). The Labute approximate surface area is 162 Å². The van der Waals surface area contributed by atoms with Crippen LogP contribution in [-0.2, 0) is 20.7 Å². The molecule has 27 heavy (non-hydrogen) atoms. The Morgan fingerprint density at radius 1 is 1.11 bits per heavy atom. The highest BCUT2D eigenvalue weighted by molar-refractivity contribution is 5.88. The van der Waals surface area contributed by atoms with Crippen LogP contribution in [0.4, 0.5) is 5.69 Å². The Hall–Kier alpha value is -1.92. The molecular formula is C21H33N3O3. The molecule has 2 amide bonds. The quantitative estimate of drug-likeness (QED) is 0.695. The number of carbonyl (C=O) groups is 2. The second-order valence-corrected chi connectivity index (χ2v) is 7.15. The minimum atomic E-state index is -0.101. The number of amides is 2. The second-order valence-electron chi connectivity index (χ2n) is 7.15. The molecule has 0 aliphatic carbocycles. The first-order valence-electron chi connectivity index (χ1n) is 9.98. The van der Waals surface area contributed by atoms with Gasteiger partial charge in [-0.05, 0) is 23.6 Å². The zero-order chi connectivity index (χ0) is 19.6. The Morgan fingerprint density at radius 3 is 2.30 bits per heavy atom. The summed E-state index contributed by atoms with van der Waals surface area (Å²) < 4.78 is 5.48. The molecule has 1 saturated heterocycles. The monoisotopic (exact) mass is 375 g/mol. The van der Waals surface area contributed by atoms with Gasteiger partial charge in [0.25, 0.3) is 0 Å². The van der Waals surface area contributed by atoms with Crippen LogP contribution in [-0.4, -0.2) is 55.6 Å². The lowest BCUT2D eigenvalue weighted by molar-refractivity contribution is -0.121. The number of nitrogens with one attached hydrogen (secondary N) is 2. The van der Waals surface area contributed by atoms with E-state index in [9.17, 15) is 9.59 Å². The van der Waals surface area contributed by atoms with E-state index in [4.69, 9.17) is 4.74 Å². The van der Waals surface area contributed by atoms with Gasteiger partial charge in [-0.25, -0.2) is 0 Å². The predicted molar refractivity (Wildman–Crippen MR) is 108 cm³/mol. The highest BCUT2D eigenvalue weighted by atomic mass is 16.5. The summed E-state index contributed by atoms with van der Waals surface area (Å²) in [5.74, 6) is 0.503. The van der Waals surface area contributed by atoms with Crippen LogP contribution in [0.5, 0.6) is 0 Å². The second kappa shape index (κ2) is 11.0. The van der Waals surface area contributed by atoms with Gasteiger partial charge in [-0.3, -0.25) is 14.5 Å². The molecule has 0 radical (unpaired) electrons. The van der Waals surface area contributed by atoms with E-state index >= 15 is 0 Å². The summed E-state index contributed by atoms with van der Waals surface area (Å²) in [7, 11) is 0. The number of ether oxygens (including phenoxy) is 1. The Bertz CT molecular complexity index is 593. The average Bonchev–Trinajstić information content (AvgIpc) is 2.67. The van der Waals surface area contributed by atoms with Crippen LogP contribution in [0.2, 0.25) is 0 Å². The molecule has 6 nitrogen and oxygen atoms in total. The van der Waals surface area contributed by atoms with Gasteiger partial charge >= 0.3 is 0 Å². The average molecular weight is 376 g/mol. The van der Waals surface area contributed by atoms with Gasteiger partial charge in [0.15, 0.2) is 0 Å². The van der Waals surface area contributed by atoms with Crippen molar-refractivity contribution in [1.29, 1.82) is 0 Å². The summed E-state index contributed by atoms with van der Waals surface area (Å²) in [6.45, 7) is 10.0. The van der Waals surface area contributed by atoms with Gasteiger partial charge in [0.05, 0.1) is 19.6 Å². The zero-order valence-corrected chi connectivity index (χ0v) is 16.8. The highest BCUT2D eigenvalue weighted by Gasteiger charge is 2.27. The lowest BCUT2D eigenvalue weighted by Crippen LogP contribution is -2.52. The highest BCUT2D eigenvalue weighted by Crippen LogP contribution is 2.19. The van der Waals surface area contributed by atoms with E-state index in [1.54, 1.807) is 0 Å². The maximum absolute atomic E-state index is 12.4. The van der Waals surface area contributed by atoms with E-state index in [-0.39, 0.29) is 11.8 Å². The zero-order valence-electron chi connectivity index (χ0n) is 16.8. The van der Waals surface area contributed by atoms with Gasteiger partial charge in [-0.2, -0.15) is 0 Å². The van der Waals surface area contributed by atoms with Crippen molar-refractivity contribution in [2.45, 2.75) is 46.1 Å². The van der Waals surface area contributed by atoms with Crippen LogP contribution in [0.25, 0.3) is 0 Å². The summed E-state index contributed by atoms with van der Waals surface area (Å²) in [5, 5.41) is 5.87. The van der Waals surface area contributed by atoms with E-state index in [1.165, 1.54) is 6.92 Å². The molecule has 1 fully saturated rings. The van der Waals surface area contributed by atoms with Crippen molar-refractivity contribution in [3.63, 3.8) is 0 Å². The van der Waals surface area contributed by atoms with E-state index in [0.717, 1.165) is 50.4 Å². The number of hydrogen-bond acceptors (Lipinski definition) is 4. The number of carbonyl (C=O) groups excluding carboxylic acids is 2. The number of nitrogens with zero attached hydrogens (tertiary/aromatic N) is 1. The molecule has 6 heteroatoms. The first-order valence-corrected chi connectivity index (χ1v) is 9.98. The van der Waals surface area contributed by atoms with Crippen LogP contribution in [0.3, 0.4) is 0 Å². The first kappa shape index (κ1) is 21.4. The van der Waals surface area contributed by atoms with Crippen molar-refractivity contribution in [2.75, 3.05) is 38.2 Å². The predicted octanol–water partition coefficient (Wildman–Crippen LogP) is 2.44. The van der Waals surface area contributed by atoms with Crippen molar-refractivity contribution in [1.82, 2.24) is 10.2 Å². The van der Waals surface area contributed by atoms with Crippen LogP contribution >= 0.6 is 0 Å². The number of anilines is 1. The molecule has 1 aliphatic heterocycles. The molecule has 1 aromatic rings. The third-order valence-corrected chi connectivity index (χ3v) is 5.25. The molecule has 0 saturated carbocycles. The summed E-state index contributed by atoms with van der Waals surface area (Å²) in [5.41, 5.74) is 1.68. The summed E-state index contributed by atoms with van der Waals surface area (Å²) in [4.78, 5) is 26.0. The standard InChI is InChI=1S/C21H33N3O3/c1-4-18(5-2)20(24-10-12-27-13-11-24)15-22-21(26)14-17-6-8-19(9-7-17)23-16(3)25/h6-9,18,20H,4-5,10-15H2,1-3H3,(H,22,26)(H,23,25). The molecule has 0 aromatic heterocycles. The van der Waals surface area contributed by atoms with Crippen molar-refractivity contribution in [3.05, 3.63) is 29.8 Å². The number of hydrogen-bond donors (Lipinski definition) is 2. The number of benzene rings is 1. The normalized spacial score (nSPS) is 16.1. The maximum Gasteiger partial charge on any atom is 0.224 e. The van der Waals surface area contributed by atoms with Gasteiger partial charge in [-0.1, -0.05) is 38.8 Å². The fourth-order valence-corrected chi connectivity index (χ4v) is 3.71. The molecule has 150 valence electrons. The summed E-state index contributed by atoms with van der Waals surface area (Å²) >= 11 is 0. The van der Waals surface area contributed by atoms with Crippen molar-refractivity contribution < 1.29 is 14.3 Å². The number of rotatable bonds is 9. The van der Waals surface area contributed by atoms with Gasteiger partial charge in [-0.15, -0.1) is 0 Å². The topological polar surface area (TPSA) is 70.7 Å². The largest absolute Gasteiger partial charge is 0.379 e. The Kier molecular flexibility index (Phi) is 8.75. The van der Waals surface area contributed by atoms with Crippen molar-refractivity contribution in [2.24, 2.45) is 5.92 Å². The minimum absolute atomic E-state index is 0.0338. The molecule has 0 spiro atoms. The first-order chi connectivity index (χ1) is 13.0. The van der Waals surface area contributed by atoms with Gasteiger partial charge < -0.3 is 15.4 Å². The fourth-order valence-electron chi connectivity index (χ4n) is 3.71. The Morgan fingerprint density at radius 2 is 1.74 bits per heavy atom.